The minimum absolute atomic E-state index is 0.126. The summed E-state index contributed by atoms with van der Waals surface area (Å²) in [5.41, 5.74) is 1.03. The highest BCUT2D eigenvalue weighted by Crippen LogP contribution is 2.32. The average Bonchev–Trinajstić information content (AvgIpc) is 2.58. The smallest absolute Gasteiger partial charge is 0.342 e. The molecule has 0 atom stereocenters. The summed E-state index contributed by atoms with van der Waals surface area (Å²) in [6.45, 7) is 2.70. The summed E-state index contributed by atoms with van der Waals surface area (Å²) in [6, 6.07) is 11.9. The molecule has 2 nitrogen and oxygen atoms in total. The molecule has 2 rings (SSSR count). The molecule has 0 aliphatic carbocycles. The van der Waals surface area contributed by atoms with Gasteiger partial charge in [-0.25, -0.2) is 0 Å². The lowest BCUT2D eigenvalue weighted by Gasteiger charge is -2.19. The molecule has 0 aromatic heterocycles. The standard InChI is InChI=1S/C19H20F3NO/c1-3-4-13-23(2)18(24)17-8-6-5-7-16(17)14-9-11-15(12-10-14)19(20,21)22/h5-12H,3-4,13H2,1-2H3. The van der Waals surface area contributed by atoms with Crippen LogP contribution in [0, 0.1) is 0 Å². The second-order valence-electron chi connectivity index (χ2n) is 5.70. The number of unbranched alkanes of at least 4 members (excludes halogenated alkanes) is 1. The first-order valence-corrected chi connectivity index (χ1v) is 7.86. The summed E-state index contributed by atoms with van der Waals surface area (Å²) in [5.74, 6) is -0.126. The summed E-state index contributed by atoms with van der Waals surface area (Å²) in [7, 11) is 1.74. The molecule has 2 aromatic carbocycles. The van der Waals surface area contributed by atoms with E-state index < -0.39 is 11.7 Å². The van der Waals surface area contributed by atoms with Crippen LogP contribution in [0.2, 0.25) is 0 Å². The quantitative estimate of drug-likeness (QED) is 0.731. The van der Waals surface area contributed by atoms with E-state index in [1.165, 1.54) is 12.1 Å². The van der Waals surface area contributed by atoms with Crippen LogP contribution in [-0.2, 0) is 6.18 Å². The van der Waals surface area contributed by atoms with Crippen molar-refractivity contribution in [2.75, 3.05) is 13.6 Å². The third-order valence-corrected chi connectivity index (χ3v) is 3.87. The fourth-order valence-electron chi connectivity index (χ4n) is 2.46. The van der Waals surface area contributed by atoms with Crippen LogP contribution >= 0.6 is 0 Å². The van der Waals surface area contributed by atoms with E-state index in [0.717, 1.165) is 25.0 Å². The number of hydrogen-bond acceptors (Lipinski definition) is 1. The molecule has 0 unspecified atom stereocenters. The van der Waals surface area contributed by atoms with Crippen LogP contribution in [0.4, 0.5) is 13.2 Å². The lowest BCUT2D eigenvalue weighted by atomic mass is 9.98. The van der Waals surface area contributed by atoms with Crippen LogP contribution in [0.1, 0.15) is 35.7 Å². The average molecular weight is 335 g/mol. The Bertz CT molecular complexity index is 693. The van der Waals surface area contributed by atoms with E-state index in [1.54, 1.807) is 36.2 Å². The van der Waals surface area contributed by atoms with Gasteiger partial charge in [0.15, 0.2) is 0 Å². The molecular weight excluding hydrogens is 315 g/mol. The highest BCUT2D eigenvalue weighted by Gasteiger charge is 2.30. The summed E-state index contributed by atoms with van der Waals surface area (Å²) < 4.78 is 38.1. The van der Waals surface area contributed by atoms with Crippen LogP contribution in [0.25, 0.3) is 11.1 Å². The molecule has 5 heteroatoms. The first-order valence-electron chi connectivity index (χ1n) is 7.86. The van der Waals surface area contributed by atoms with Gasteiger partial charge in [0.25, 0.3) is 5.91 Å². The molecule has 0 saturated heterocycles. The maximum atomic E-state index is 12.7. The van der Waals surface area contributed by atoms with Gasteiger partial charge >= 0.3 is 6.18 Å². The SMILES string of the molecule is CCCCN(C)C(=O)c1ccccc1-c1ccc(C(F)(F)F)cc1. The zero-order chi connectivity index (χ0) is 17.7. The predicted molar refractivity (Wildman–Crippen MR) is 88.7 cm³/mol. The van der Waals surface area contributed by atoms with Gasteiger partial charge in [-0.15, -0.1) is 0 Å². The van der Waals surface area contributed by atoms with Crippen molar-refractivity contribution in [3.63, 3.8) is 0 Å². The molecule has 0 spiro atoms. The molecule has 0 fully saturated rings. The van der Waals surface area contributed by atoms with Crippen LogP contribution in [0.3, 0.4) is 0 Å². The van der Waals surface area contributed by atoms with E-state index in [2.05, 4.69) is 6.92 Å². The molecule has 24 heavy (non-hydrogen) atoms. The molecule has 0 N–H and O–H groups in total. The fraction of sp³-hybridized carbons (Fsp3) is 0.316. The van der Waals surface area contributed by atoms with E-state index in [-0.39, 0.29) is 5.91 Å². The summed E-state index contributed by atoms with van der Waals surface area (Å²) >= 11 is 0. The van der Waals surface area contributed by atoms with Gasteiger partial charge in [-0.3, -0.25) is 4.79 Å². The zero-order valence-corrected chi connectivity index (χ0v) is 13.7. The highest BCUT2D eigenvalue weighted by atomic mass is 19.4. The molecule has 0 heterocycles. The first-order chi connectivity index (χ1) is 11.3. The number of halogens is 3. The summed E-state index contributed by atoms with van der Waals surface area (Å²) in [4.78, 5) is 14.3. The molecule has 1 amide bonds. The summed E-state index contributed by atoms with van der Waals surface area (Å²) in [6.07, 6.45) is -2.48. The number of carbonyl (C=O) groups is 1. The molecule has 2 aromatic rings. The van der Waals surface area contributed by atoms with E-state index in [1.807, 2.05) is 0 Å². The predicted octanol–water partition coefficient (Wildman–Crippen LogP) is 5.24. The Morgan fingerprint density at radius 1 is 1.04 bits per heavy atom. The maximum absolute atomic E-state index is 12.7. The fourth-order valence-corrected chi connectivity index (χ4v) is 2.46. The minimum atomic E-state index is -4.37. The minimum Gasteiger partial charge on any atom is -0.342 e. The van der Waals surface area contributed by atoms with Crippen LogP contribution in [0.15, 0.2) is 48.5 Å². The number of alkyl halides is 3. The Morgan fingerprint density at radius 2 is 1.67 bits per heavy atom. The van der Waals surface area contributed by atoms with Gasteiger partial charge in [0.05, 0.1) is 5.56 Å². The Morgan fingerprint density at radius 3 is 2.25 bits per heavy atom. The van der Waals surface area contributed by atoms with Crippen molar-refractivity contribution in [2.24, 2.45) is 0 Å². The van der Waals surface area contributed by atoms with Crippen molar-refractivity contribution in [3.8, 4) is 11.1 Å². The third kappa shape index (κ3) is 4.16. The van der Waals surface area contributed by atoms with Crippen molar-refractivity contribution >= 4 is 5.91 Å². The van der Waals surface area contributed by atoms with Crippen LogP contribution < -0.4 is 0 Å². The molecule has 128 valence electrons. The molecule has 0 bridgehead atoms. The Hall–Kier alpha value is -2.30. The second-order valence-corrected chi connectivity index (χ2v) is 5.70. The first kappa shape index (κ1) is 18.0. The van der Waals surface area contributed by atoms with Gasteiger partial charge < -0.3 is 4.90 Å². The monoisotopic (exact) mass is 335 g/mol. The van der Waals surface area contributed by atoms with E-state index in [9.17, 15) is 18.0 Å². The number of rotatable bonds is 5. The maximum Gasteiger partial charge on any atom is 0.416 e. The van der Waals surface area contributed by atoms with Gasteiger partial charge in [-0.2, -0.15) is 13.2 Å². The second kappa shape index (κ2) is 7.51. The van der Waals surface area contributed by atoms with Gasteiger partial charge in [0.1, 0.15) is 0 Å². The van der Waals surface area contributed by atoms with Gasteiger partial charge in [-0.1, -0.05) is 43.7 Å². The topological polar surface area (TPSA) is 20.3 Å². The number of nitrogens with zero attached hydrogens (tertiary/aromatic N) is 1. The third-order valence-electron chi connectivity index (χ3n) is 3.87. The molecule has 0 radical (unpaired) electrons. The zero-order valence-electron chi connectivity index (χ0n) is 13.7. The number of benzene rings is 2. The number of carbonyl (C=O) groups excluding carboxylic acids is 1. The normalized spacial score (nSPS) is 11.4. The lowest BCUT2D eigenvalue weighted by molar-refractivity contribution is -0.137. The van der Waals surface area contributed by atoms with E-state index >= 15 is 0 Å². The number of hydrogen-bond donors (Lipinski definition) is 0. The van der Waals surface area contributed by atoms with Crippen LogP contribution in [-0.4, -0.2) is 24.4 Å². The molecule has 0 saturated carbocycles. The van der Waals surface area contributed by atoms with Crippen molar-refractivity contribution in [1.29, 1.82) is 0 Å². The van der Waals surface area contributed by atoms with Crippen molar-refractivity contribution in [2.45, 2.75) is 25.9 Å². The lowest BCUT2D eigenvalue weighted by Crippen LogP contribution is -2.28. The van der Waals surface area contributed by atoms with Crippen LogP contribution in [0.5, 0.6) is 0 Å². The molecule has 0 aliphatic rings. The Balaban J connectivity index is 2.33. The molecular formula is C19H20F3NO. The van der Waals surface area contributed by atoms with Crippen molar-refractivity contribution < 1.29 is 18.0 Å². The Labute approximate surface area is 139 Å². The summed E-state index contributed by atoms with van der Waals surface area (Å²) in [5, 5.41) is 0. The van der Waals surface area contributed by atoms with Gasteiger partial charge in [-0.05, 0) is 35.7 Å². The van der Waals surface area contributed by atoms with Gasteiger partial charge in [0.2, 0.25) is 0 Å². The van der Waals surface area contributed by atoms with E-state index in [4.69, 9.17) is 0 Å². The Kier molecular flexibility index (Phi) is 5.65. The largest absolute Gasteiger partial charge is 0.416 e. The number of amides is 1. The van der Waals surface area contributed by atoms with Crippen molar-refractivity contribution in [3.05, 3.63) is 59.7 Å². The van der Waals surface area contributed by atoms with Crippen molar-refractivity contribution in [1.82, 2.24) is 4.90 Å². The highest BCUT2D eigenvalue weighted by molar-refractivity contribution is 6.00. The molecule has 0 aliphatic heterocycles. The van der Waals surface area contributed by atoms with E-state index in [0.29, 0.717) is 23.2 Å². The van der Waals surface area contributed by atoms with Gasteiger partial charge in [0, 0.05) is 19.2 Å².